The van der Waals surface area contributed by atoms with E-state index < -0.39 is 11.5 Å². The smallest absolute Gasteiger partial charge is 0.254 e. The quantitative estimate of drug-likeness (QED) is 0.719. The van der Waals surface area contributed by atoms with E-state index in [2.05, 4.69) is 0 Å². The molecule has 3 heteroatoms. The highest BCUT2D eigenvalue weighted by molar-refractivity contribution is 5.84. The molecule has 70 valence electrons. The second-order valence-corrected chi connectivity index (χ2v) is 2.94. The Bertz CT molecular complexity index is 297. The fraction of sp³-hybridized carbons (Fsp3) is 0.300. The number of hydrogen-bond donors (Lipinski definition) is 2. The summed E-state index contributed by atoms with van der Waals surface area (Å²) < 4.78 is 0. The zero-order chi connectivity index (χ0) is 9.90. The summed E-state index contributed by atoms with van der Waals surface area (Å²) in [7, 11) is 0. The van der Waals surface area contributed by atoms with Crippen molar-refractivity contribution in [3.05, 3.63) is 35.9 Å². The molecule has 1 aromatic rings. The molecule has 0 bridgehead atoms. The van der Waals surface area contributed by atoms with Crippen LogP contribution in [0.1, 0.15) is 18.9 Å². The van der Waals surface area contributed by atoms with Crippen LogP contribution in [0, 0.1) is 0 Å². The number of amides is 1. The predicted molar refractivity (Wildman–Crippen MR) is 49.8 cm³/mol. The second-order valence-electron chi connectivity index (χ2n) is 2.94. The van der Waals surface area contributed by atoms with Crippen LogP contribution in [-0.2, 0) is 10.4 Å². The van der Waals surface area contributed by atoms with E-state index in [9.17, 15) is 9.90 Å². The molecule has 1 rings (SSSR count). The van der Waals surface area contributed by atoms with E-state index in [-0.39, 0.29) is 6.42 Å². The van der Waals surface area contributed by atoms with Crippen LogP contribution in [0.15, 0.2) is 30.3 Å². The van der Waals surface area contributed by atoms with Crippen molar-refractivity contribution in [3.8, 4) is 0 Å². The van der Waals surface area contributed by atoms with Gasteiger partial charge in [0.1, 0.15) is 0 Å². The first-order chi connectivity index (χ1) is 6.11. The number of rotatable bonds is 3. The lowest BCUT2D eigenvalue weighted by Gasteiger charge is -2.22. The highest BCUT2D eigenvalue weighted by Crippen LogP contribution is 2.23. The summed E-state index contributed by atoms with van der Waals surface area (Å²) in [5, 5.41) is 9.89. The van der Waals surface area contributed by atoms with Crippen LogP contribution < -0.4 is 5.73 Å². The van der Waals surface area contributed by atoms with E-state index in [1.807, 2.05) is 6.07 Å². The maximum Gasteiger partial charge on any atom is 0.254 e. The monoisotopic (exact) mass is 179 g/mol. The lowest BCUT2D eigenvalue weighted by Crippen LogP contribution is -2.40. The van der Waals surface area contributed by atoms with E-state index >= 15 is 0 Å². The normalized spacial score (nSPS) is 14.9. The number of carbonyl (C=O) groups is 1. The van der Waals surface area contributed by atoms with Crippen LogP contribution in [-0.4, -0.2) is 11.0 Å². The minimum Gasteiger partial charge on any atom is -0.375 e. The Kier molecular flexibility index (Phi) is 2.68. The van der Waals surface area contributed by atoms with Gasteiger partial charge >= 0.3 is 0 Å². The molecular formula is C10H13NO2. The number of primary amides is 1. The number of hydrogen-bond acceptors (Lipinski definition) is 2. The summed E-state index contributed by atoms with van der Waals surface area (Å²) in [6, 6.07) is 8.72. The lowest BCUT2D eigenvalue weighted by molar-refractivity contribution is -0.137. The Hall–Kier alpha value is -1.35. The standard InChI is InChI=1S/C10H13NO2/c1-2-10(13,9(11)12)8-6-4-3-5-7-8/h3-7,13H,2H2,1H3,(H2,11,12)/t10-/m1/s1. The van der Waals surface area contributed by atoms with E-state index in [1.165, 1.54) is 0 Å². The van der Waals surface area contributed by atoms with E-state index in [4.69, 9.17) is 5.73 Å². The molecule has 0 saturated heterocycles. The molecule has 1 atom stereocenters. The first-order valence-electron chi connectivity index (χ1n) is 4.19. The van der Waals surface area contributed by atoms with Crippen molar-refractivity contribution >= 4 is 5.91 Å². The van der Waals surface area contributed by atoms with Crippen LogP contribution in [0.3, 0.4) is 0 Å². The average molecular weight is 179 g/mol. The minimum absolute atomic E-state index is 0.284. The van der Waals surface area contributed by atoms with Gasteiger partial charge in [-0.1, -0.05) is 37.3 Å². The van der Waals surface area contributed by atoms with Gasteiger partial charge < -0.3 is 10.8 Å². The van der Waals surface area contributed by atoms with Crippen LogP contribution >= 0.6 is 0 Å². The van der Waals surface area contributed by atoms with Gasteiger partial charge in [0.2, 0.25) is 0 Å². The molecule has 0 unspecified atom stereocenters. The van der Waals surface area contributed by atoms with Gasteiger partial charge in [0.05, 0.1) is 0 Å². The van der Waals surface area contributed by atoms with Gasteiger partial charge in [0, 0.05) is 0 Å². The summed E-state index contributed by atoms with van der Waals surface area (Å²) in [6.45, 7) is 1.72. The number of nitrogens with two attached hydrogens (primary N) is 1. The summed E-state index contributed by atoms with van der Waals surface area (Å²) >= 11 is 0. The highest BCUT2D eigenvalue weighted by Gasteiger charge is 2.33. The topological polar surface area (TPSA) is 63.3 Å². The van der Waals surface area contributed by atoms with Crippen molar-refractivity contribution in [2.45, 2.75) is 18.9 Å². The van der Waals surface area contributed by atoms with Gasteiger partial charge in [-0.15, -0.1) is 0 Å². The Morgan fingerprint density at radius 2 is 2.00 bits per heavy atom. The number of benzene rings is 1. The molecule has 0 saturated carbocycles. The van der Waals surface area contributed by atoms with Gasteiger partial charge in [0.25, 0.3) is 5.91 Å². The third-order valence-electron chi connectivity index (χ3n) is 2.17. The molecule has 0 spiro atoms. The lowest BCUT2D eigenvalue weighted by atomic mass is 9.91. The molecule has 0 heterocycles. The molecule has 0 aliphatic rings. The molecule has 0 radical (unpaired) electrons. The Labute approximate surface area is 77.2 Å². The third kappa shape index (κ3) is 1.70. The molecule has 0 aliphatic heterocycles. The molecule has 1 amide bonds. The Morgan fingerprint density at radius 1 is 1.46 bits per heavy atom. The molecule has 3 N–H and O–H groups in total. The second kappa shape index (κ2) is 3.58. The Morgan fingerprint density at radius 3 is 2.38 bits per heavy atom. The van der Waals surface area contributed by atoms with Crippen LogP contribution in [0.4, 0.5) is 0 Å². The van der Waals surface area contributed by atoms with Gasteiger partial charge in [0.15, 0.2) is 5.60 Å². The van der Waals surface area contributed by atoms with Crippen molar-refractivity contribution in [2.24, 2.45) is 5.73 Å². The maximum atomic E-state index is 11.0. The summed E-state index contributed by atoms with van der Waals surface area (Å²) in [5.74, 6) is -0.707. The Balaban J connectivity index is 3.11. The maximum absolute atomic E-state index is 11.0. The average Bonchev–Trinajstić information content (AvgIpc) is 2.17. The zero-order valence-corrected chi connectivity index (χ0v) is 7.53. The van der Waals surface area contributed by atoms with E-state index in [1.54, 1.807) is 31.2 Å². The van der Waals surface area contributed by atoms with Crippen molar-refractivity contribution < 1.29 is 9.90 Å². The molecule has 0 aliphatic carbocycles. The molecule has 13 heavy (non-hydrogen) atoms. The summed E-state index contributed by atoms with van der Waals surface area (Å²) in [5.41, 5.74) is 4.14. The van der Waals surface area contributed by atoms with Crippen molar-refractivity contribution in [2.75, 3.05) is 0 Å². The van der Waals surface area contributed by atoms with Gasteiger partial charge in [-0.3, -0.25) is 4.79 Å². The molecule has 0 aromatic heterocycles. The fourth-order valence-corrected chi connectivity index (χ4v) is 1.23. The first-order valence-corrected chi connectivity index (χ1v) is 4.19. The van der Waals surface area contributed by atoms with Crippen molar-refractivity contribution in [3.63, 3.8) is 0 Å². The summed E-state index contributed by atoms with van der Waals surface area (Å²) in [6.07, 6.45) is 0.284. The van der Waals surface area contributed by atoms with Crippen molar-refractivity contribution in [1.82, 2.24) is 0 Å². The van der Waals surface area contributed by atoms with Gasteiger partial charge in [-0.05, 0) is 12.0 Å². The van der Waals surface area contributed by atoms with E-state index in [0.717, 1.165) is 0 Å². The third-order valence-corrected chi connectivity index (χ3v) is 2.17. The van der Waals surface area contributed by atoms with Gasteiger partial charge in [-0.2, -0.15) is 0 Å². The number of carbonyl (C=O) groups excluding carboxylic acids is 1. The number of aliphatic hydroxyl groups is 1. The molecule has 1 aromatic carbocycles. The summed E-state index contributed by atoms with van der Waals surface area (Å²) in [4.78, 5) is 11.0. The molecular weight excluding hydrogens is 166 g/mol. The fourth-order valence-electron chi connectivity index (χ4n) is 1.23. The van der Waals surface area contributed by atoms with Gasteiger partial charge in [-0.25, -0.2) is 0 Å². The van der Waals surface area contributed by atoms with Crippen LogP contribution in [0.2, 0.25) is 0 Å². The first kappa shape index (κ1) is 9.74. The predicted octanol–water partition coefficient (Wildman–Crippen LogP) is 0.770. The minimum atomic E-state index is -1.53. The highest BCUT2D eigenvalue weighted by atomic mass is 16.3. The largest absolute Gasteiger partial charge is 0.375 e. The van der Waals surface area contributed by atoms with Crippen LogP contribution in [0.25, 0.3) is 0 Å². The van der Waals surface area contributed by atoms with Crippen molar-refractivity contribution in [1.29, 1.82) is 0 Å². The molecule has 0 fully saturated rings. The van der Waals surface area contributed by atoms with Crippen LogP contribution in [0.5, 0.6) is 0 Å². The van der Waals surface area contributed by atoms with E-state index in [0.29, 0.717) is 5.56 Å². The zero-order valence-electron chi connectivity index (χ0n) is 7.53. The molecule has 3 nitrogen and oxygen atoms in total. The SMILES string of the molecule is CC[C@](O)(C(N)=O)c1ccccc1.